The van der Waals surface area contributed by atoms with Crippen LogP contribution in [0, 0.1) is 18.3 Å². The third-order valence-corrected chi connectivity index (χ3v) is 6.63. The van der Waals surface area contributed by atoms with Crippen molar-refractivity contribution in [3.8, 4) is 22.9 Å². The van der Waals surface area contributed by atoms with Gasteiger partial charge in [0.05, 0.1) is 30.9 Å². The Morgan fingerprint density at radius 3 is 2.88 bits per heavy atom. The van der Waals surface area contributed by atoms with Gasteiger partial charge in [-0.3, -0.25) is 15.1 Å². The third kappa shape index (κ3) is 4.21. The number of amides is 1. The van der Waals surface area contributed by atoms with Crippen LogP contribution in [0.25, 0.3) is 21.5 Å². The van der Waals surface area contributed by atoms with E-state index in [4.69, 9.17) is 14.5 Å². The number of pyridine rings is 2. The summed E-state index contributed by atoms with van der Waals surface area (Å²) in [7, 11) is 1.55. The van der Waals surface area contributed by atoms with Crippen LogP contribution in [-0.2, 0) is 4.74 Å². The summed E-state index contributed by atoms with van der Waals surface area (Å²) in [6.07, 6.45) is 2.49. The molecule has 9 heteroatoms. The molecule has 1 aromatic carbocycles. The fourth-order valence-corrected chi connectivity index (χ4v) is 4.84. The normalized spacial score (nSPS) is 15.3. The van der Waals surface area contributed by atoms with Crippen LogP contribution in [0.15, 0.2) is 42.6 Å². The predicted molar refractivity (Wildman–Crippen MR) is 129 cm³/mol. The van der Waals surface area contributed by atoms with Crippen LogP contribution in [0.1, 0.15) is 39.6 Å². The van der Waals surface area contributed by atoms with E-state index < -0.39 is 0 Å². The number of aryl methyl sites for hydroxylation is 1. The summed E-state index contributed by atoms with van der Waals surface area (Å²) in [5.41, 5.74) is 4.55. The van der Waals surface area contributed by atoms with E-state index in [1.807, 2.05) is 25.1 Å². The van der Waals surface area contributed by atoms with Crippen LogP contribution >= 0.6 is 11.3 Å². The highest BCUT2D eigenvalue weighted by Gasteiger charge is 2.21. The Morgan fingerprint density at radius 1 is 1.24 bits per heavy atom. The number of hydrogen-bond acceptors (Lipinski definition) is 8. The topological polar surface area (TPSA) is 110 Å². The minimum absolute atomic E-state index is 0.296. The number of nitrogens with one attached hydrogen (secondary N) is 1. The van der Waals surface area contributed by atoms with Crippen molar-refractivity contribution in [2.24, 2.45) is 0 Å². The van der Waals surface area contributed by atoms with Gasteiger partial charge in [0.15, 0.2) is 5.13 Å². The lowest BCUT2D eigenvalue weighted by Gasteiger charge is -2.13. The number of methoxy groups -OCH3 is 1. The van der Waals surface area contributed by atoms with Crippen LogP contribution in [0.3, 0.4) is 0 Å². The lowest BCUT2D eigenvalue weighted by Crippen LogP contribution is -2.14. The zero-order valence-electron chi connectivity index (χ0n) is 18.7. The Balaban J connectivity index is 1.48. The molecule has 0 saturated carbocycles. The molecule has 1 fully saturated rings. The number of thiazole rings is 1. The first-order valence-electron chi connectivity index (χ1n) is 10.8. The zero-order chi connectivity index (χ0) is 23.7. The molecule has 170 valence electrons. The number of rotatable bonds is 5. The van der Waals surface area contributed by atoms with Crippen molar-refractivity contribution >= 4 is 32.7 Å². The molecular formula is C25H21N5O3S. The third-order valence-electron chi connectivity index (χ3n) is 5.75. The number of aromatic nitrogens is 3. The van der Waals surface area contributed by atoms with Crippen molar-refractivity contribution < 1.29 is 14.3 Å². The van der Waals surface area contributed by atoms with Crippen LogP contribution in [0.4, 0.5) is 5.13 Å². The molecule has 1 saturated heterocycles. The van der Waals surface area contributed by atoms with Gasteiger partial charge in [-0.15, -0.1) is 0 Å². The molecule has 1 unspecified atom stereocenters. The van der Waals surface area contributed by atoms with Gasteiger partial charge in [0.1, 0.15) is 16.1 Å². The fraction of sp³-hybridized carbons (Fsp3) is 0.240. The maximum absolute atomic E-state index is 13.3. The van der Waals surface area contributed by atoms with E-state index in [0.29, 0.717) is 45.7 Å². The second-order valence-corrected chi connectivity index (χ2v) is 8.97. The first-order valence-corrected chi connectivity index (χ1v) is 11.6. The van der Waals surface area contributed by atoms with Gasteiger partial charge < -0.3 is 9.47 Å². The van der Waals surface area contributed by atoms with E-state index in [1.54, 1.807) is 25.3 Å². The lowest BCUT2D eigenvalue weighted by molar-refractivity contribution is 0.102. The maximum Gasteiger partial charge on any atom is 0.259 e. The second kappa shape index (κ2) is 9.17. The van der Waals surface area contributed by atoms with E-state index in [1.165, 1.54) is 17.5 Å². The van der Waals surface area contributed by atoms with E-state index in [-0.39, 0.29) is 5.91 Å². The molecule has 5 rings (SSSR count). The van der Waals surface area contributed by atoms with Gasteiger partial charge in [0.25, 0.3) is 5.91 Å². The van der Waals surface area contributed by atoms with Crippen molar-refractivity contribution in [2.45, 2.75) is 19.3 Å². The number of hydrogen-bond donors (Lipinski definition) is 1. The van der Waals surface area contributed by atoms with Crippen LogP contribution < -0.4 is 10.1 Å². The quantitative estimate of drug-likeness (QED) is 0.449. The molecule has 3 aromatic heterocycles. The molecule has 8 nitrogen and oxygen atoms in total. The molecule has 1 aliphatic heterocycles. The average Bonchev–Trinajstić information content (AvgIpc) is 3.52. The average molecular weight is 472 g/mol. The summed E-state index contributed by atoms with van der Waals surface area (Å²) >= 11 is 1.33. The van der Waals surface area contributed by atoms with Crippen molar-refractivity contribution in [3.05, 3.63) is 65.1 Å². The highest BCUT2D eigenvalue weighted by molar-refractivity contribution is 7.22. The van der Waals surface area contributed by atoms with Gasteiger partial charge in [-0.2, -0.15) is 5.26 Å². The molecule has 4 aromatic rings. The van der Waals surface area contributed by atoms with E-state index in [0.717, 1.165) is 34.8 Å². The minimum atomic E-state index is -0.351. The highest BCUT2D eigenvalue weighted by Crippen LogP contribution is 2.35. The van der Waals surface area contributed by atoms with Gasteiger partial charge in [0, 0.05) is 41.2 Å². The Labute approximate surface area is 200 Å². The number of nitriles is 1. The second-order valence-electron chi connectivity index (χ2n) is 7.99. The van der Waals surface area contributed by atoms with E-state index in [9.17, 15) is 10.1 Å². The smallest absolute Gasteiger partial charge is 0.259 e. The number of fused-ring (bicyclic) bond motifs is 1. The molecule has 0 radical (unpaired) electrons. The molecule has 1 atom stereocenters. The Morgan fingerprint density at radius 2 is 2.12 bits per heavy atom. The zero-order valence-corrected chi connectivity index (χ0v) is 19.5. The Bertz CT molecular complexity index is 1440. The molecular weight excluding hydrogens is 450 g/mol. The van der Waals surface area contributed by atoms with E-state index >= 15 is 0 Å². The number of benzene rings is 1. The van der Waals surface area contributed by atoms with Gasteiger partial charge in [-0.25, -0.2) is 9.97 Å². The van der Waals surface area contributed by atoms with Crippen molar-refractivity contribution in [1.82, 2.24) is 15.0 Å². The van der Waals surface area contributed by atoms with Crippen LogP contribution in [0.2, 0.25) is 0 Å². The van der Waals surface area contributed by atoms with Crippen molar-refractivity contribution in [1.29, 1.82) is 5.26 Å². The number of ether oxygens (including phenoxy) is 2. The van der Waals surface area contributed by atoms with Gasteiger partial charge in [-0.05, 0) is 49.7 Å². The molecule has 4 heterocycles. The minimum Gasteiger partial charge on any atom is -0.496 e. The number of carbonyl (C=O) groups excluding carboxylic acids is 1. The molecule has 0 aliphatic carbocycles. The van der Waals surface area contributed by atoms with Gasteiger partial charge >= 0.3 is 0 Å². The van der Waals surface area contributed by atoms with Crippen LogP contribution in [0.5, 0.6) is 5.75 Å². The molecule has 0 bridgehead atoms. The lowest BCUT2D eigenvalue weighted by atomic mass is 9.97. The predicted octanol–water partition coefficient (Wildman–Crippen LogP) is 4.70. The SMILES string of the molecule is COc1ccc(C#N)cc1-c1cc(C)ncc1C(=O)Nc1nc2ccc(C3CCOC3)nc2s1. The molecule has 1 aliphatic rings. The molecule has 1 N–H and O–H groups in total. The summed E-state index contributed by atoms with van der Waals surface area (Å²) in [6, 6.07) is 13.0. The number of carbonyl (C=O) groups is 1. The Hall–Kier alpha value is -3.87. The number of nitrogens with zero attached hydrogens (tertiary/aromatic N) is 4. The van der Waals surface area contributed by atoms with Crippen LogP contribution in [-0.4, -0.2) is 41.2 Å². The fourth-order valence-electron chi connectivity index (χ4n) is 4.00. The first-order chi connectivity index (χ1) is 16.6. The van der Waals surface area contributed by atoms with Gasteiger partial charge in [0.2, 0.25) is 0 Å². The summed E-state index contributed by atoms with van der Waals surface area (Å²) in [5.74, 6) is 0.506. The molecule has 34 heavy (non-hydrogen) atoms. The largest absolute Gasteiger partial charge is 0.496 e. The molecule has 0 spiro atoms. The molecule has 1 amide bonds. The maximum atomic E-state index is 13.3. The van der Waals surface area contributed by atoms with Gasteiger partial charge in [-0.1, -0.05) is 11.3 Å². The van der Waals surface area contributed by atoms with Crippen molar-refractivity contribution in [3.63, 3.8) is 0 Å². The standard InChI is InChI=1S/C25H21N5O3S/c1-14-9-17(18-10-15(11-26)3-6-22(18)32-2)19(12-27-14)23(31)30-25-29-21-5-4-20(28-24(21)34-25)16-7-8-33-13-16/h3-6,9-10,12,16H,7-8,13H2,1-2H3,(H,29,30,31). The van der Waals surface area contributed by atoms with Crippen molar-refractivity contribution in [2.75, 3.05) is 25.6 Å². The Kier molecular flexibility index (Phi) is 5.92. The number of anilines is 1. The highest BCUT2D eigenvalue weighted by atomic mass is 32.1. The summed E-state index contributed by atoms with van der Waals surface area (Å²) in [4.78, 5) is 27.7. The summed E-state index contributed by atoms with van der Waals surface area (Å²) in [6.45, 7) is 3.28. The first kappa shape index (κ1) is 21.9. The van der Waals surface area contributed by atoms with E-state index in [2.05, 4.69) is 21.4 Å². The summed E-state index contributed by atoms with van der Waals surface area (Å²) in [5, 5.41) is 12.7. The summed E-state index contributed by atoms with van der Waals surface area (Å²) < 4.78 is 11.0. The monoisotopic (exact) mass is 471 g/mol.